The van der Waals surface area contributed by atoms with E-state index in [1.165, 1.54) is 37.3 Å². The van der Waals surface area contributed by atoms with Crippen molar-refractivity contribution in [3.63, 3.8) is 0 Å². The van der Waals surface area contributed by atoms with E-state index in [4.69, 9.17) is 21.1 Å². The van der Waals surface area contributed by atoms with Crippen LogP contribution in [0.5, 0.6) is 11.5 Å². The van der Waals surface area contributed by atoms with Gasteiger partial charge in [0.1, 0.15) is 18.4 Å². The van der Waals surface area contributed by atoms with Crippen molar-refractivity contribution in [1.82, 2.24) is 25.5 Å². The summed E-state index contributed by atoms with van der Waals surface area (Å²) in [6.07, 6.45) is 3.78. The van der Waals surface area contributed by atoms with Crippen molar-refractivity contribution in [2.75, 3.05) is 19.1 Å². The van der Waals surface area contributed by atoms with E-state index in [1.54, 1.807) is 18.2 Å². The molecule has 0 saturated heterocycles. The number of methoxy groups -OCH3 is 2. The van der Waals surface area contributed by atoms with Crippen LogP contribution in [0.25, 0.3) is 11.4 Å². The molecule has 5 rings (SSSR count). The number of nitrogens with one attached hydrogen (secondary N) is 1. The summed E-state index contributed by atoms with van der Waals surface area (Å²) in [5, 5.41) is 15.5. The molecule has 3 aromatic carbocycles. The molecule has 0 bridgehead atoms. The molecule has 1 aromatic heterocycles. The van der Waals surface area contributed by atoms with Gasteiger partial charge < -0.3 is 14.8 Å². The zero-order valence-electron chi connectivity index (χ0n) is 24.1. The van der Waals surface area contributed by atoms with Crippen LogP contribution in [0, 0.1) is 12.7 Å². The lowest BCUT2D eigenvalue weighted by atomic mass is 10.0. The quantitative estimate of drug-likeness (QED) is 0.261. The molecule has 0 spiro atoms. The monoisotopic (exact) mass is 606 g/mol. The van der Waals surface area contributed by atoms with Crippen molar-refractivity contribution in [2.24, 2.45) is 0 Å². The highest BCUT2D eigenvalue weighted by atomic mass is 35.5. The number of carbonyl (C=O) groups is 2. The highest BCUT2D eigenvalue weighted by Crippen LogP contribution is 2.33. The van der Waals surface area contributed by atoms with Crippen LogP contribution in [0.1, 0.15) is 42.9 Å². The van der Waals surface area contributed by atoms with Gasteiger partial charge >= 0.3 is 0 Å². The van der Waals surface area contributed by atoms with Crippen LogP contribution in [-0.2, 0) is 16.1 Å². The molecular weight excluding hydrogens is 575 g/mol. The van der Waals surface area contributed by atoms with Crippen molar-refractivity contribution in [1.29, 1.82) is 0 Å². The van der Waals surface area contributed by atoms with E-state index < -0.39 is 17.8 Å². The van der Waals surface area contributed by atoms with Gasteiger partial charge in [-0.05, 0) is 66.9 Å². The van der Waals surface area contributed by atoms with Crippen molar-refractivity contribution in [2.45, 2.75) is 51.2 Å². The van der Waals surface area contributed by atoms with Crippen LogP contribution in [0.2, 0.25) is 5.02 Å². The average molecular weight is 607 g/mol. The lowest BCUT2D eigenvalue weighted by Crippen LogP contribution is -2.47. The van der Waals surface area contributed by atoms with Crippen molar-refractivity contribution in [3.8, 4) is 22.9 Å². The number of aryl methyl sites for hydroxylation is 1. The lowest BCUT2D eigenvalue weighted by molar-refractivity contribution is -0.127. The van der Waals surface area contributed by atoms with E-state index in [9.17, 15) is 14.0 Å². The van der Waals surface area contributed by atoms with Crippen LogP contribution < -0.4 is 19.7 Å². The smallest absolute Gasteiger partial charge is 0.251 e. The minimum atomic E-state index is -1.07. The third kappa shape index (κ3) is 6.77. The SMILES string of the molecule is COc1ccc(-c2nnn(CC(=O)N(c3ccc(F)c(Cl)c3)[C@@H](C(=O)NC3CCCC3)c3ccc(C)cc3)n2)cc1OC. The Hall–Kier alpha value is -4.51. The second kappa shape index (κ2) is 13.2. The number of ether oxygens (including phenoxy) is 2. The van der Waals surface area contributed by atoms with Crippen LogP contribution in [0.15, 0.2) is 60.7 Å². The molecule has 43 heavy (non-hydrogen) atoms. The normalized spacial score (nSPS) is 13.9. The standard InChI is InChI=1S/C31H32ClFN6O4/c1-19-8-10-20(11-9-19)29(31(41)34-22-6-4-5-7-22)39(23-13-14-25(33)24(32)17-23)28(40)18-38-36-30(35-37-38)21-12-15-26(42-2)27(16-21)43-3/h8-17,22,29H,4-7,18H2,1-3H3,(H,34,41)/t29-/m1/s1. The molecule has 10 nitrogen and oxygen atoms in total. The van der Waals surface area contributed by atoms with Crippen LogP contribution in [-0.4, -0.2) is 52.3 Å². The van der Waals surface area contributed by atoms with Gasteiger partial charge in [0.25, 0.3) is 5.91 Å². The van der Waals surface area contributed by atoms with Crippen molar-refractivity contribution >= 4 is 29.1 Å². The van der Waals surface area contributed by atoms with E-state index in [0.29, 0.717) is 22.6 Å². The average Bonchev–Trinajstić information content (AvgIpc) is 3.70. The molecule has 0 aliphatic heterocycles. The predicted molar refractivity (Wildman–Crippen MR) is 160 cm³/mol. The third-order valence-electron chi connectivity index (χ3n) is 7.42. The number of carbonyl (C=O) groups excluding carboxylic acids is 2. The first-order valence-electron chi connectivity index (χ1n) is 13.9. The van der Waals surface area contributed by atoms with Gasteiger partial charge in [-0.3, -0.25) is 14.5 Å². The van der Waals surface area contributed by atoms with E-state index >= 15 is 0 Å². The number of hydrogen-bond donors (Lipinski definition) is 1. The topological polar surface area (TPSA) is 111 Å². The van der Waals surface area contributed by atoms with Gasteiger partial charge in [-0.1, -0.05) is 54.3 Å². The van der Waals surface area contributed by atoms with Crippen LogP contribution in [0.3, 0.4) is 0 Å². The zero-order chi connectivity index (χ0) is 30.5. The highest BCUT2D eigenvalue weighted by molar-refractivity contribution is 6.31. The summed E-state index contributed by atoms with van der Waals surface area (Å²) < 4.78 is 24.9. The number of anilines is 1. The zero-order valence-corrected chi connectivity index (χ0v) is 24.8. The Kier molecular flexibility index (Phi) is 9.20. The van der Waals surface area contributed by atoms with E-state index in [-0.39, 0.29) is 35.0 Å². The molecule has 1 saturated carbocycles. The summed E-state index contributed by atoms with van der Waals surface area (Å²) in [7, 11) is 3.06. The Morgan fingerprint density at radius 3 is 2.44 bits per heavy atom. The Labute approximate surface area is 253 Å². The van der Waals surface area contributed by atoms with Gasteiger partial charge in [0.2, 0.25) is 11.7 Å². The summed E-state index contributed by atoms with van der Waals surface area (Å²) in [6.45, 7) is 1.58. The minimum absolute atomic E-state index is 0.00948. The second-order valence-corrected chi connectivity index (χ2v) is 10.8. The number of halogens is 2. The molecule has 1 N–H and O–H groups in total. The largest absolute Gasteiger partial charge is 0.493 e. The number of amides is 2. The maximum atomic E-state index is 14.2. The van der Waals surface area contributed by atoms with Gasteiger partial charge in [-0.15, -0.1) is 10.2 Å². The number of rotatable bonds is 10. The van der Waals surface area contributed by atoms with Crippen LogP contribution in [0.4, 0.5) is 10.1 Å². The van der Waals surface area contributed by atoms with Gasteiger partial charge in [0, 0.05) is 17.3 Å². The molecule has 4 aromatic rings. The van der Waals surface area contributed by atoms with Gasteiger partial charge in [0.05, 0.1) is 19.2 Å². The highest BCUT2D eigenvalue weighted by Gasteiger charge is 2.35. The fraction of sp³-hybridized carbons (Fsp3) is 0.323. The van der Waals surface area contributed by atoms with Crippen molar-refractivity contribution < 1.29 is 23.5 Å². The van der Waals surface area contributed by atoms with E-state index in [0.717, 1.165) is 36.0 Å². The summed E-state index contributed by atoms with van der Waals surface area (Å²) in [5.41, 5.74) is 2.44. The Morgan fingerprint density at radius 2 is 1.77 bits per heavy atom. The first kappa shape index (κ1) is 30.0. The first-order chi connectivity index (χ1) is 20.8. The summed E-state index contributed by atoms with van der Waals surface area (Å²) >= 11 is 6.16. The fourth-order valence-electron chi connectivity index (χ4n) is 5.19. The summed E-state index contributed by atoms with van der Waals surface area (Å²) in [4.78, 5) is 30.5. The molecule has 12 heteroatoms. The molecule has 1 heterocycles. The summed E-state index contributed by atoms with van der Waals surface area (Å²) in [5.74, 6) is -0.216. The predicted octanol–water partition coefficient (Wildman–Crippen LogP) is 5.29. The first-order valence-corrected chi connectivity index (χ1v) is 14.3. The van der Waals surface area contributed by atoms with Gasteiger partial charge in [0.15, 0.2) is 11.5 Å². The minimum Gasteiger partial charge on any atom is -0.493 e. The molecular formula is C31H32ClFN6O4. The maximum absolute atomic E-state index is 14.2. The Balaban J connectivity index is 1.51. The molecule has 1 aliphatic rings. The Bertz CT molecular complexity index is 1610. The second-order valence-electron chi connectivity index (χ2n) is 10.4. The lowest BCUT2D eigenvalue weighted by Gasteiger charge is -2.32. The van der Waals surface area contributed by atoms with Gasteiger partial charge in [-0.2, -0.15) is 4.80 Å². The molecule has 0 unspecified atom stereocenters. The molecule has 1 aliphatic carbocycles. The summed E-state index contributed by atoms with van der Waals surface area (Å²) in [6, 6.07) is 15.4. The number of benzene rings is 3. The Morgan fingerprint density at radius 1 is 1.05 bits per heavy atom. The molecule has 224 valence electrons. The number of aromatic nitrogens is 4. The molecule has 2 amide bonds. The fourth-order valence-corrected chi connectivity index (χ4v) is 5.36. The molecule has 1 atom stereocenters. The van der Waals surface area contributed by atoms with Crippen LogP contribution >= 0.6 is 11.6 Å². The van der Waals surface area contributed by atoms with Crippen molar-refractivity contribution in [3.05, 3.63) is 82.6 Å². The molecule has 1 fully saturated rings. The number of tetrazole rings is 1. The van der Waals surface area contributed by atoms with E-state index in [2.05, 4.69) is 20.7 Å². The number of hydrogen-bond acceptors (Lipinski definition) is 7. The van der Waals surface area contributed by atoms with Gasteiger partial charge in [-0.25, -0.2) is 4.39 Å². The maximum Gasteiger partial charge on any atom is 0.251 e. The third-order valence-corrected chi connectivity index (χ3v) is 7.71. The number of nitrogens with zero attached hydrogens (tertiary/aromatic N) is 5. The molecule has 0 radical (unpaired) electrons. The van der Waals surface area contributed by atoms with E-state index in [1.807, 2.05) is 31.2 Å².